The van der Waals surface area contributed by atoms with E-state index in [1.807, 2.05) is 0 Å². The fourth-order valence-corrected chi connectivity index (χ4v) is 0.670. The van der Waals surface area contributed by atoms with Gasteiger partial charge in [-0.25, -0.2) is 4.39 Å². The van der Waals surface area contributed by atoms with E-state index in [2.05, 4.69) is 6.92 Å². The summed E-state index contributed by atoms with van der Waals surface area (Å²) in [7, 11) is 0. The molecule has 11 heavy (non-hydrogen) atoms. The van der Waals surface area contributed by atoms with Gasteiger partial charge in [-0.05, 0) is 24.3 Å². The first kappa shape index (κ1) is 8.01. The van der Waals surface area contributed by atoms with Crippen molar-refractivity contribution in [2.75, 3.05) is 0 Å². The molecule has 0 aliphatic heterocycles. The van der Waals surface area contributed by atoms with Crippen molar-refractivity contribution in [1.29, 1.82) is 0 Å². The topological polar surface area (TPSA) is 29.5 Å². The Balaban J connectivity index is 2.66. The van der Waals surface area contributed by atoms with E-state index in [-0.39, 0.29) is 5.82 Å². The SMILES string of the molecule is [CH2]C(O)Oc1ccc(F)cc1. The van der Waals surface area contributed by atoms with E-state index in [1.54, 1.807) is 0 Å². The number of halogens is 1. The van der Waals surface area contributed by atoms with Crippen LogP contribution in [0.4, 0.5) is 4.39 Å². The molecule has 3 heteroatoms. The molecule has 0 bridgehead atoms. The molecule has 0 aromatic heterocycles. The minimum Gasteiger partial charge on any atom is -0.465 e. The highest BCUT2D eigenvalue weighted by Crippen LogP contribution is 2.11. The molecule has 1 unspecified atom stereocenters. The summed E-state index contributed by atoms with van der Waals surface area (Å²) in [5, 5.41) is 8.65. The summed E-state index contributed by atoms with van der Waals surface area (Å²) in [4.78, 5) is 0. The Bertz CT molecular complexity index is 218. The minimum absolute atomic E-state index is 0.337. The summed E-state index contributed by atoms with van der Waals surface area (Å²) in [6.07, 6.45) is -1.11. The van der Waals surface area contributed by atoms with E-state index in [9.17, 15) is 4.39 Å². The lowest BCUT2D eigenvalue weighted by Crippen LogP contribution is -2.09. The molecule has 59 valence electrons. The monoisotopic (exact) mass is 155 g/mol. The molecule has 0 spiro atoms. The van der Waals surface area contributed by atoms with Crippen LogP contribution in [0, 0.1) is 12.7 Å². The second-order valence-corrected chi connectivity index (χ2v) is 2.03. The Labute approximate surface area is 64.2 Å². The third-order valence-corrected chi connectivity index (χ3v) is 1.09. The van der Waals surface area contributed by atoms with E-state index in [4.69, 9.17) is 9.84 Å². The number of hydrogen-bond acceptors (Lipinski definition) is 2. The lowest BCUT2D eigenvalue weighted by Gasteiger charge is -2.06. The summed E-state index contributed by atoms with van der Waals surface area (Å²) in [6, 6.07) is 5.34. The molecule has 0 heterocycles. The van der Waals surface area contributed by atoms with Crippen LogP contribution < -0.4 is 4.74 Å². The maximum absolute atomic E-state index is 12.3. The fourth-order valence-electron chi connectivity index (χ4n) is 0.670. The average Bonchev–Trinajstić information content (AvgIpc) is 1.93. The van der Waals surface area contributed by atoms with Crippen LogP contribution in [0.1, 0.15) is 0 Å². The predicted octanol–water partition coefficient (Wildman–Crippen LogP) is 1.36. The molecular formula is C8H8FO2. The Kier molecular flexibility index (Phi) is 2.44. The zero-order valence-electron chi connectivity index (χ0n) is 5.83. The van der Waals surface area contributed by atoms with E-state index >= 15 is 0 Å². The summed E-state index contributed by atoms with van der Waals surface area (Å²) < 4.78 is 17.0. The molecule has 0 amide bonds. The molecular weight excluding hydrogens is 147 g/mol. The first-order chi connectivity index (χ1) is 5.18. The third-order valence-electron chi connectivity index (χ3n) is 1.09. The van der Waals surface area contributed by atoms with E-state index in [1.165, 1.54) is 24.3 Å². The molecule has 1 aromatic carbocycles. The first-order valence-corrected chi connectivity index (χ1v) is 3.12. The predicted molar refractivity (Wildman–Crippen MR) is 38.4 cm³/mol. The van der Waals surface area contributed by atoms with Gasteiger partial charge in [0.05, 0.1) is 0 Å². The van der Waals surface area contributed by atoms with Gasteiger partial charge in [-0.2, -0.15) is 0 Å². The summed E-state index contributed by atoms with van der Waals surface area (Å²) >= 11 is 0. The second kappa shape index (κ2) is 3.34. The summed E-state index contributed by atoms with van der Waals surface area (Å²) in [6.45, 7) is 3.20. The standard InChI is InChI=1S/C8H8FO2/c1-6(10)11-8-4-2-7(9)3-5-8/h2-6,10H,1H2. The Morgan fingerprint density at radius 2 is 1.91 bits per heavy atom. The smallest absolute Gasteiger partial charge is 0.197 e. The van der Waals surface area contributed by atoms with Crippen LogP contribution in [0.2, 0.25) is 0 Å². The average molecular weight is 155 g/mol. The summed E-state index contributed by atoms with van der Waals surface area (Å²) in [5.74, 6) is 0.0600. The molecule has 1 N–H and O–H groups in total. The molecule has 1 rings (SSSR count). The van der Waals surface area contributed by atoms with E-state index < -0.39 is 6.29 Å². The molecule has 2 nitrogen and oxygen atoms in total. The molecule has 0 fully saturated rings. The molecule has 1 aromatic rings. The first-order valence-electron chi connectivity index (χ1n) is 3.12. The quantitative estimate of drug-likeness (QED) is 0.653. The van der Waals surface area contributed by atoms with Crippen molar-refractivity contribution in [3.63, 3.8) is 0 Å². The van der Waals surface area contributed by atoms with Gasteiger partial charge in [0.15, 0.2) is 6.29 Å². The van der Waals surface area contributed by atoms with Crippen molar-refractivity contribution in [1.82, 2.24) is 0 Å². The van der Waals surface area contributed by atoms with Crippen molar-refractivity contribution in [3.05, 3.63) is 37.0 Å². The van der Waals surface area contributed by atoms with Crippen LogP contribution in [0.15, 0.2) is 24.3 Å². The molecule has 1 radical (unpaired) electrons. The highest BCUT2D eigenvalue weighted by Gasteiger charge is 1.97. The van der Waals surface area contributed by atoms with Gasteiger partial charge in [0.25, 0.3) is 0 Å². The summed E-state index contributed by atoms with van der Waals surface area (Å²) in [5.41, 5.74) is 0. The van der Waals surface area contributed by atoms with Gasteiger partial charge < -0.3 is 9.84 Å². The van der Waals surface area contributed by atoms with Gasteiger partial charge in [0, 0.05) is 6.92 Å². The number of rotatable bonds is 2. The van der Waals surface area contributed by atoms with Gasteiger partial charge in [0.1, 0.15) is 11.6 Å². The van der Waals surface area contributed by atoms with Crippen molar-refractivity contribution >= 4 is 0 Å². The Morgan fingerprint density at radius 1 is 1.36 bits per heavy atom. The molecule has 0 saturated carbocycles. The molecule has 0 aliphatic carbocycles. The van der Waals surface area contributed by atoms with Gasteiger partial charge in [0.2, 0.25) is 0 Å². The van der Waals surface area contributed by atoms with E-state index in [0.717, 1.165) is 0 Å². The van der Waals surface area contributed by atoms with Crippen LogP contribution in [0.3, 0.4) is 0 Å². The lowest BCUT2D eigenvalue weighted by molar-refractivity contribution is 0.0222. The Hall–Kier alpha value is -1.09. The van der Waals surface area contributed by atoms with Crippen molar-refractivity contribution in [3.8, 4) is 5.75 Å². The largest absolute Gasteiger partial charge is 0.465 e. The number of ether oxygens (including phenoxy) is 1. The fraction of sp³-hybridized carbons (Fsp3) is 0.125. The van der Waals surface area contributed by atoms with E-state index in [0.29, 0.717) is 5.75 Å². The second-order valence-electron chi connectivity index (χ2n) is 2.03. The van der Waals surface area contributed by atoms with Gasteiger partial charge in [-0.15, -0.1) is 0 Å². The normalized spacial score (nSPS) is 12.6. The third kappa shape index (κ3) is 2.55. The zero-order chi connectivity index (χ0) is 8.27. The highest BCUT2D eigenvalue weighted by molar-refractivity contribution is 5.22. The van der Waals surface area contributed by atoms with Gasteiger partial charge in [-0.1, -0.05) is 0 Å². The number of benzene rings is 1. The number of aliphatic hydroxyl groups is 1. The molecule has 0 saturated heterocycles. The highest BCUT2D eigenvalue weighted by atomic mass is 19.1. The lowest BCUT2D eigenvalue weighted by atomic mass is 10.3. The molecule has 0 aliphatic rings. The Morgan fingerprint density at radius 3 is 2.36 bits per heavy atom. The maximum atomic E-state index is 12.3. The van der Waals surface area contributed by atoms with Crippen LogP contribution in [0.25, 0.3) is 0 Å². The maximum Gasteiger partial charge on any atom is 0.197 e. The van der Waals surface area contributed by atoms with Crippen LogP contribution in [-0.4, -0.2) is 11.4 Å². The molecule has 1 atom stereocenters. The van der Waals surface area contributed by atoms with Gasteiger partial charge >= 0.3 is 0 Å². The number of hydrogen-bond donors (Lipinski definition) is 1. The van der Waals surface area contributed by atoms with Gasteiger partial charge in [-0.3, -0.25) is 0 Å². The number of aliphatic hydroxyl groups excluding tert-OH is 1. The van der Waals surface area contributed by atoms with Crippen molar-refractivity contribution in [2.45, 2.75) is 6.29 Å². The van der Waals surface area contributed by atoms with Crippen LogP contribution >= 0.6 is 0 Å². The van der Waals surface area contributed by atoms with Crippen molar-refractivity contribution in [2.24, 2.45) is 0 Å². The van der Waals surface area contributed by atoms with Crippen LogP contribution in [0.5, 0.6) is 5.75 Å². The minimum atomic E-state index is -1.11. The zero-order valence-corrected chi connectivity index (χ0v) is 5.83. The van der Waals surface area contributed by atoms with Crippen LogP contribution in [-0.2, 0) is 0 Å². The van der Waals surface area contributed by atoms with Crippen molar-refractivity contribution < 1.29 is 14.2 Å².